The molecule has 1 fully saturated rings. The largest absolute Gasteiger partial charge is 0.366 e. The Morgan fingerprint density at radius 2 is 1.75 bits per heavy atom. The number of amides is 2. The molecule has 1 aromatic rings. The second-order valence-electron chi connectivity index (χ2n) is 5.20. The van der Waals surface area contributed by atoms with Gasteiger partial charge in [0, 0.05) is 11.3 Å². The second-order valence-corrected chi connectivity index (χ2v) is 5.20. The van der Waals surface area contributed by atoms with E-state index in [2.05, 4.69) is 10.2 Å². The maximum Gasteiger partial charge on any atom is 0.248 e. The van der Waals surface area contributed by atoms with Crippen molar-refractivity contribution in [2.24, 2.45) is 5.73 Å². The summed E-state index contributed by atoms with van der Waals surface area (Å²) in [5.41, 5.74) is 6.30. The van der Waals surface area contributed by atoms with E-state index in [-0.39, 0.29) is 11.9 Å². The standard InChI is InChI=1S/C15H21N3O2/c1-11(18-9-3-2-4-10-18)15(20)17-13-7-5-12(6-8-13)14(16)19/h5-8,11H,2-4,9-10H2,1H3,(H2,16,19)(H,17,20)/t11-/m1/s1. The lowest BCUT2D eigenvalue weighted by Crippen LogP contribution is -2.44. The van der Waals surface area contributed by atoms with Crippen molar-refractivity contribution in [2.45, 2.75) is 32.2 Å². The molecule has 108 valence electrons. The smallest absolute Gasteiger partial charge is 0.248 e. The molecule has 20 heavy (non-hydrogen) atoms. The molecule has 0 spiro atoms. The molecule has 0 bridgehead atoms. The highest BCUT2D eigenvalue weighted by atomic mass is 16.2. The third-order valence-corrected chi connectivity index (χ3v) is 3.75. The van der Waals surface area contributed by atoms with Crippen molar-refractivity contribution >= 4 is 17.5 Å². The number of rotatable bonds is 4. The minimum absolute atomic E-state index is 0.0151. The molecule has 1 atom stereocenters. The third-order valence-electron chi connectivity index (χ3n) is 3.75. The zero-order valence-corrected chi connectivity index (χ0v) is 11.8. The minimum Gasteiger partial charge on any atom is -0.366 e. The molecule has 5 heteroatoms. The summed E-state index contributed by atoms with van der Waals surface area (Å²) < 4.78 is 0. The number of carbonyl (C=O) groups is 2. The van der Waals surface area contributed by atoms with E-state index < -0.39 is 5.91 Å². The lowest BCUT2D eigenvalue weighted by Gasteiger charge is -2.31. The fourth-order valence-corrected chi connectivity index (χ4v) is 2.44. The summed E-state index contributed by atoms with van der Waals surface area (Å²) in [6, 6.07) is 6.49. The van der Waals surface area contributed by atoms with Crippen LogP contribution in [0, 0.1) is 0 Å². The van der Waals surface area contributed by atoms with Crippen LogP contribution in [-0.4, -0.2) is 35.8 Å². The Bertz CT molecular complexity index is 478. The Morgan fingerprint density at radius 3 is 2.30 bits per heavy atom. The Morgan fingerprint density at radius 1 is 1.15 bits per heavy atom. The maximum atomic E-state index is 12.2. The molecule has 1 aliphatic heterocycles. The van der Waals surface area contributed by atoms with Crippen molar-refractivity contribution in [3.63, 3.8) is 0 Å². The van der Waals surface area contributed by atoms with Gasteiger partial charge in [-0.1, -0.05) is 6.42 Å². The van der Waals surface area contributed by atoms with Gasteiger partial charge < -0.3 is 11.1 Å². The van der Waals surface area contributed by atoms with E-state index in [1.54, 1.807) is 24.3 Å². The Balaban J connectivity index is 1.94. The van der Waals surface area contributed by atoms with Crippen molar-refractivity contribution in [2.75, 3.05) is 18.4 Å². The van der Waals surface area contributed by atoms with E-state index >= 15 is 0 Å². The van der Waals surface area contributed by atoms with Crippen LogP contribution in [0.5, 0.6) is 0 Å². The van der Waals surface area contributed by atoms with Gasteiger partial charge in [-0.15, -0.1) is 0 Å². The molecule has 3 N–H and O–H groups in total. The Kier molecular flexibility index (Phi) is 4.74. The fraction of sp³-hybridized carbons (Fsp3) is 0.467. The maximum absolute atomic E-state index is 12.2. The van der Waals surface area contributed by atoms with Gasteiger partial charge in [0.05, 0.1) is 6.04 Å². The number of piperidine rings is 1. The fourth-order valence-electron chi connectivity index (χ4n) is 2.44. The minimum atomic E-state index is -0.468. The SMILES string of the molecule is C[C@H](C(=O)Nc1ccc(C(N)=O)cc1)N1CCCCC1. The summed E-state index contributed by atoms with van der Waals surface area (Å²) in [6.45, 7) is 3.89. The molecule has 0 aliphatic carbocycles. The molecule has 1 aromatic carbocycles. The highest BCUT2D eigenvalue weighted by molar-refractivity contribution is 5.96. The number of nitrogens with one attached hydrogen (secondary N) is 1. The van der Waals surface area contributed by atoms with E-state index in [1.165, 1.54) is 6.42 Å². The molecule has 5 nitrogen and oxygen atoms in total. The molecule has 0 unspecified atom stereocenters. The van der Waals surface area contributed by atoms with Crippen molar-refractivity contribution in [1.29, 1.82) is 0 Å². The first-order valence-corrected chi connectivity index (χ1v) is 7.02. The van der Waals surface area contributed by atoms with Gasteiger partial charge in [0.2, 0.25) is 11.8 Å². The van der Waals surface area contributed by atoms with E-state index in [4.69, 9.17) is 5.73 Å². The lowest BCUT2D eigenvalue weighted by molar-refractivity contribution is -0.121. The molecular weight excluding hydrogens is 254 g/mol. The highest BCUT2D eigenvalue weighted by Crippen LogP contribution is 2.14. The molecule has 0 aromatic heterocycles. The molecule has 1 heterocycles. The number of likely N-dealkylation sites (tertiary alicyclic amines) is 1. The molecule has 2 rings (SSSR count). The van der Waals surface area contributed by atoms with Crippen molar-refractivity contribution in [1.82, 2.24) is 4.90 Å². The van der Waals surface area contributed by atoms with Crippen molar-refractivity contribution in [3.8, 4) is 0 Å². The van der Waals surface area contributed by atoms with Gasteiger partial charge in [0.25, 0.3) is 0 Å². The van der Waals surface area contributed by atoms with Crippen LogP contribution < -0.4 is 11.1 Å². The van der Waals surface area contributed by atoms with Gasteiger partial charge in [-0.25, -0.2) is 0 Å². The normalized spacial score (nSPS) is 17.4. The van der Waals surface area contributed by atoms with E-state index in [0.717, 1.165) is 25.9 Å². The number of benzene rings is 1. The van der Waals surface area contributed by atoms with Crippen molar-refractivity contribution < 1.29 is 9.59 Å². The number of nitrogens with two attached hydrogens (primary N) is 1. The van der Waals surface area contributed by atoms with Crippen LogP contribution in [0.1, 0.15) is 36.5 Å². The molecule has 1 saturated heterocycles. The summed E-state index contributed by atoms with van der Waals surface area (Å²) >= 11 is 0. The topological polar surface area (TPSA) is 75.4 Å². The summed E-state index contributed by atoms with van der Waals surface area (Å²) in [5, 5.41) is 2.87. The van der Waals surface area contributed by atoms with Crippen LogP contribution >= 0.6 is 0 Å². The first kappa shape index (κ1) is 14.5. The highest BCUT2D eigenvalue weighted by Gasteiger charge is 2.22. The zero-order chi connectivity index (χ0) is 14.5. The van der Waals surface area contributed by atoms with Gasteiger partial charge >= 0.3 is 0 Å². The molecule has 0 saturated carbocycles. The Labute approximate surface area is 119 Å². The molecular formula is C15H21N3O2. The van der Waals surface area contributed by atoms with E-state index in [9.17, 15) is 9.59 Å². The van der Waals surface area contributed by atoms with Crippen LogP contribution in [0.2, 0.25) is 0 Å². The summed E-state index contributed by atoms with van der Waals surface area (Å²) in [7, 11) is 0. The van der Waals surface area contributed by atoms with Crippen LogP contribution in [0.3, 0.4) is 0 Å². The monoisotopic (exact) mass is 275 g/mol. The number of primary amides is 1. The number of nitrogens with zero attached hydrogens (tertiary/aromatic N) is 1. The summed E-state index contributed by atoms with van der Waals surface area (Å²) in [5.74, 6) is -0.483. The van der Waals surface area contributed by atoms with Crippen LogP contribution in [0.15, 0.2) is 24.3 Å². The van der Waals surface area contributed by atoms with Crippen LogP contribution in [-0.2, 0) is 4.79 Å². The lowest BCUT2D eigenvalue weighted by atomic mass is 10.1. The van der Waals surface area contributed by atoms with E-state index in [0.29, 0.717) is 11.3 Å². The quantitative estimate of drug-likeness (QED) is 0.876. The number of carbonyl (C=O) groups excluding carboxylic acids is 2. The van der Waals surface area contributed by atoms with Crippen LogP contribution in [0.25, 0.3) is 0 Å². The van der Waals surface area contributed by atoms with Crippen molar-refractivity contribution in [3.05, 3.63) is 29.8 Å². The zero-order valence-electron chi connectivity index (χ0n) is 11.8. The first-order chi connectivity index (χ1) is 9.58. The van der Waals surface area contributed by atoms with Gasteiger partial charge in [-0.2, -0.15) is 0 Å². The number of hydrogen-bond acceptors (Lipinski definition) is 3. The predicted molar refractivity (Wildman–Crippen MR) is 78.5 cm³/mol. The first-order valence-electron chi connectivity index (χ1n) is 7.02. The van der Waals surface area contributed by atoms with Gasteiger partial charge in [0.15, 0.2) is 0 Å². The molecule has 0 radical (unpaired) electrons. The Hall–Kier alpha value is -1.88. The van der Waals surface area contributed by atoms with Crippen LogP contribution in [0.4, 0.5) is 5.69 Å². The average Bonchev–Trinajstić information content (AvgIpc) is 2.48. The molecule has 2 amide bonds. The second kappa shape index (κ2) is 6.52. The molecule has 1 aliphatic rings. The van der Waals surface area contributed by atoms with Gasteiger partial charge in [-0.3, -0.25) is 14.5 Å². The predicted octanol–water partition coefficient (Wildman–Crippen LogP) is 1.60. The average molecular weight is 275 g/mol. The number of hydrogen-bond donors (Lipinski definition) is 2. The number of anilines is 1. The summed E-state index contributed by atoms with van der Waals surface area (Å²) in [6.07, 6.45) is 3.56. The van der Waals surface area contributed by atoms with E-state index in [1.807, 2.05) is 6.92 Å². The van der Waals surface area contributed by atoms with Gasteiger partial charge in [-0.05, 0) is 57.1 Å². The third kappa shape index (κ3) is 3.57. The summed E-state index contributed by atoms with van der Waals surface area (Å²) in [4.78, 5) is 25.4. The van der Waals surface area contributed by atoms with Gasteiger partial charge in [0.1, 0.15) is 0 Å².